The quantitative estimate of drug-likeness (QED) is 0.825. The summed E-state index contributed by atoms with van der Waals surface area (Å²) < 4.78 is 4.98. The molecule has 1 aliphatic carbocycles. The first-order chi connectivity index (χ1) is 9.08. The van der Waals surface area contributed by atoms with E-state index in [1.54, 1.807) is 0 Å². The predicted octanol–water partition coefficient (Wildman–Crippen LogP) is 3.40. The van der Waals surface area contributed by atoms with Crippen molar-refractivity contribution in [3.63, 3.8) is 0 Å². The molecule has 3 rings (SSSR count). The largest absolute Gasteiger partial charge is 0.481 e. The Morgan fingerprint density at radius 3 is 2.74 bits per heavy atom. The number of nitrogens with zero attached hydrogens (tertiary/aromatic N) is 1. The number of benzene rings is 1. The lowest BCUT2D eigenvalue weighted by Crippen LogP contribution is -2.12. The van der Waals surface area contributed by atoms with Crippen LogP contribution in [0.1, 0.15) is 41.5 Å². The number of ether oxygens (including phenoxy) is 1. The van der Waals surface area contributed by atoms with Crippen molar-refractivity contribution in [3.8, 4) is 0 Å². The molecule has 1 N–H and O–H groups in total. The first kappa shape index (κ1) is 12.3. The van der Waals surface area contributed by atoms with E-state index in [4.69, 9.17) is 9.73 Å². The summed E-state index contributed by atoms with van der Waals surface area (Å²) in [6.45, 7) is 6.38. The van der Waals surface area contributed by atoms with Crippen LogP contribution < -0.4 is 0 Å². The van der Waals surface area contributed by atoms with Gasteiger partial charge in [-0.25, -0.2) is 0 Å². The van der Waals surface area contributed by atoms with E-state index in [9.17, 15) is 5.11 Å². The van der Waals surface area contributed by atoms with Gasteiger partial charge in [0.15, 0.2) is 0 Å². The topological polar surface area (TPSA) is 41.8 Å². The number of fused-ring (bicyclic) bond motifs is 3. The zero-order chi connectivity index (χ0) is 13.7. The number of rotatable bonds is 2. The van der Waals surface area contributed by atoms with Crippen LogP contribution in [0.3, 0.4) is 0 Å². The Morgan fingerprint density at radius 1 is 1.37 bits per heavy atom. The summed E-state index contributed by atoms with van der Waals surface area (Å²) in [6.07, 6.45) is 0.917. The first-order valence-electron chi connectivity index (χ1n) is 6.73. The van der Waals surface area contributed by atoms with Crippen LogP contribution in [0.4, 0.5) is 0 Å². The van der Waals surface area contributed by atoms with Crippen molar-refractivity contribution in [1.29, 1.82) is 0 Å². The third-order valence-electron chi connectivity index (χ3n) is 4.08. The molecule has 3 nitrogen and oxygen atoms in total. The van der Waals surface area contributed by atoms with Gasteiger partial charge in [-0.15, -0.1) is 0 Å². The molecule has 2 atom stereocenters. The fourth-order valence-corrected chi connectivity index (χ4v) is 3.23. The van der Waals surface area contributed by atoms with Crippen LogP contribution in [0, 0.1) is 13.8 Å². The highest BCUT2D eigenvalue weighted by atomic mass is 16.6. The molecule has 3 heteroatoms. The van der Waals surface area contributed by atoms with Gasteiger partial charge >= 0.3 is 0 Å². The van der Waals surface area contributed by atoms with Gasteiger partial charge in [-0.3, -0.25) is 4.99 Å². The number of aliphatic hydroxyl groups is 1. The van der Waals surface area contributed by atoms with Gasteiger partial charge in [-0.1, -0.05) is 18.6 Å². The van der Waals surface area contributed by atoms with Crippen molar-refractivity contribution in [2.75, 3.05) is 7.11 Å². The molecule has 2 unspecified atom stereocenters. The van der Waals surface area contributed by atoms with Gasteiger partial charge in [0, 0.05) is 17.2 Å². The highest BCUT2D eigenvalue weighted by Gasteiger charge is 2.53. The Balaban J connectivity index is 2.21. The SMILES string of the molecule is CCC1=NC2/C(=C(/O)OC)C2c2c(C)cc(C)cc21. The number of hydrogen-bond donors (Lipinski definition) is 1. The molecule has 19 heavy (non-hydrogen) atoms. The van der Waals surface area contributed by atoms with Crippen molar-refractivity contribution >= 4 is 5.71 Å². The summed E-state index contributed by atoms with van der Waals surface area (Å²) in [5.41, 5.74) is 7.19. The molecule has 0 spiro atoms. The molecular weight excluding hydrogens is 238 g/mol. The zero-order valence-corrected chi connectivity index (χ0v) is 11.8. The maximum atomic E-state index is 9.85. The molecule has 1 fully saturated rings. The predicted molar refractivity (Wildman–Crippen MR) is 75.9 cm³/mol. The van der Waals surface area contributed by atoms with Gasteiger partial charge in [0.25, 0.3) is 5.95 Å². The Kier molecular flexibility index (Phi) is 2.66. The molecule has 0 radical (unpaired) electrons. The molecule has 1 aromatic carbocycles. The summed E-state index contributed by atoms with van der Waals surface area (Å²) in [4.78, 5) is 4.77. The Bertz CT molecular complexity index is 613. The van der Waals surface area contributed by atoms with Crippen molar-refractivity contribution in [2.24, 2.45) is 4.99 Å². The maximum absolute atomic E-state index is 9.85. The molecule has 0 aromatic heterocycles. The molecule has 100 valence electrons. The number of aryl methyl sites for hydroxylation is 2. The van der Waals surface area contributed by atoms with Crippen molar-refractivity contribution in [2.45, 2.75) is 39.2 Å². The molecule has 0 saturated heterocycles. The van der Waals surface area contributed by atoms with Gasteiger partial charge in [0.05, 0.1) is 13.2 Å². The van der Waals surface area contributed by atoms with E-state index >= 15 is 0 Å². The average molecular weight is 257 g/mol. The van der Waals surface area contributed by atoms with E-state index in [2.05, 4.69) is 32.9 Å². The van der Waals surface area contributed by atoms with Crippen molar-refractivity contribution in [3.05, 3.63) is 45.9 Å². The second kappa shape index (κ2) is 4.12. The highest BCUT2D eigenvalue weighted by Crippen LogP contribution is 2.55. The lowest BCUT2D eigenvalue weighted by atomic mass is 9.90. The summed E-state index contributed by atoms with van der Waals surface area (Å²) >= 11 is 0. The monoisotopic (exact) mass is 257 g/mol. The molecule has 1 heterocycles. The molecule has 2 aliphatic rings. The standard InChI is InChI=1S/C16H19NO2/c1-5-11-10-7-8(2)6-9(3)12(10)13-14(15(13)17-11)16(18)19-4/h6-7,13,15,18H,5H2,1-4H3/b16-14-. The van der Waals surface area contributed by atoms with Crippen molar-refractivity contribution in [1.82, 2.24) is 0 Å². The molecule has 0 bridgehead atoms. The number of methoxy groups -OCH3 is 1. The van der Waals surface area contributed by atoms with E-state index in [1.165, 1.54) is 29.4 Å². The summed E-state index contributed by atoms with van der Waals surface area (Å²) in [7, 11) is 1.50. The van der Waals surface area contributed by atoms with Crippen LogP contribution in [-0.2, 0) is 4.74 Å². The third kappa shape index (κ3) is 1.68. The second-order valence-electron chi connectivity index (χ2n) is 5.36. The Morgan fingerprint density at radius 2 is 2.11 bits per heavy atom. The van der Waals surface area contributed by atoms with Gasteiger partial charge in [0.1, 0.15) is 0 Å². The number of aliphatic hydroxyl groups excluding tert-OH is 1. The maximum Gasteiger partial charge on any atom is 0.278 e. The Hall–Kier alpha value is -1.77. The highest BCUT2D eigenvalue weighted by molar-refractivity contribution is 6.04. The van der Waals surface area contributed by atoms with E-state index in [1.807, 2.05) is 0 Å². The first-order valence-corrected chi connectivity index (χ1v) is 6.73. The van der Waals surface area contributed by atoms with Crippen LogP contribution in [0.15, 0.2) is 28.6 Å². The fourth-order valence-electron chi connectivity index (χ4n) is 3.23. The zero-order valence-electron chi connectivity index (χ0n) is 11.8. The molecule has 1 saturated carbocycles. The molecular formula is C16H19NO2. The van der Waals surface area contributed by atoms with Gasteiger partial charge < -0.3 is 9.84 Å². The smallest absolute Gasteiger partial charge is 0.278 e. The van der Waals surface area contributed by atoms with Gasteiger partial charge in [0.2, 0.25) is 0 Å². The minimum atomic E-state index is 0.0435. The van der Waals surface area contributed by atoms with E-state index in [0.29, 0.717) is 0 Å². The van der Waals surface area contributed by atoms with Crippen LogP contribution in [0.5, 0.6) is 0 Å². The van der Waals surface area contributed by atoms with Gasteiger partial charge in [-0.05, 0) is 43.0 Å². The molecule has 1 aliphatic heterocycles. The van der Waals surface area contributed by atoms with Crippen molar-refractivity contribution < 1.29 is 9.84 Å². The lowest BCUT2D eigenvalue weighted by molar-refractivity contribution is 0.133. The van der Waals surface area contributed by atoms with E-state index in [-0.39, 0.29) is 17.9 Å². The summed E-state index contributed by atoms with van der Waals surface area (Å²) in [5, 5.41) is 9.85. The summed E-state index contributed by atoms with van der Waals surface area (Å²) in [5.74, 6) is 0.257. The van der Waals surface area contributed by atoms with Crippen LogP contribution in [-0.4, -0.2) is 24.0 Å². The van der Waals surface area contributed by atoms with E-state index < -0.39 is 0 Å². The average Bonchev–Trinajstić information content (AvgIpc) is 3.09. The minimum Gasteiger partial charge on any atom is -0.481 e. The molecule has 1 aromatic rings. The number of hydrogen-bond acceptors (Lipinski definition) is 3. The van der Waals surface area contributed by atoms with Crippen LogP contribution in [0.2, 0.25) is 0 Å². The number of aliphatic imine (C=N–C) groups is 1. The van der Waals surface area contributed by atoms with Crippen LogP contribution in [0.25, 0.3) is 0 Å². The summed E-state index contributed by atoms with van der Waals surface area (Å²) in [6, 6.07) is 4.50. The lowest BCUT2D eigenvalue weighted by Gasteiger charge is -2.18. The van der Waals surface area contributed by atoms with Crippen LogP contribution >= 0.6 is 0 Å². The molecule has 0 amide bonds. The Labute approximate surface area is 113 Å². The normalized spacial score (nSPS) is 26.2. The fraction of sp³-hybridized carbons (Fsp3) is 0.438. The van der Waals surface area contributed by atoms with E-state index in [0.717, 1.165) is 17.7 Å². The third-order valence-corrected chi connectivity index (χ3v) is 4.08. The minimum absolute atomic E-state index is 0.0435. The van der Waals surface area contributed by atoms with Gasteiger partial charge in [-0.2, -0.15) is 0 Å². The second-order valence-corrected chi connectivity index (χ2v) is 5.36.